The molecule has 36 heavy (non-hydrogen) atoms. The van der Waals surface area contributed by atoms with Crippen LogP contribution in [0.3, 0.4) is 0 Å². The van der Waals surface area contributed by atoms with E-state index in [9.17, 15) is 14.0 Å². The van der Waals surface area contributed by atoms with Gasteiger partial charge in [-0.1, -0.05) is 36.4 Å². The zero-order valence-corrected chi connectivity index (χ0v) is 21.3. The Morgan fingerprint density at radius 3 is 2.67 bits per heavy atom. The molecule has 0 aliphatic heterocycles. The van der Waals surface area contributed by atoms with Crippen LogP contribution in [0, 0.1) is 5.82 Å². The average Bonchev–Trinajstić information content (AvgIpc) is 3.56. The van der Waals surface area contributed by atoms with E-state index in [1.807, 2.05) is 32.2 Å². The van der Waals surface area contributed by atoms with Gasteiger partial charge in [0.05, 0.1) is 16.1 Å². The molecule has 0 aliphatic carbocycles. The minimum Gasteiger partial charge on any atom is -0.343 e. The van der Waals surface area contributed by atoms with Gasteiger partial charge in [0, 0.05) is 16.3 Å². The molecule has 0 saturated carbocycles. The quantitative estimate of drug-likeness (QED) is 0.297. The monoisotopic (exact) mass is 518 g/mol. The van der Waals surface area contributed by atoms with Crippen molar-refractivity contribution < 1.29 is 9.18 Å². The summed E-state index contributed by atoms with van der Waals surface area (Å²) in [5.41, 5.74) is 1.97. The van der Waals surface area contributed by atoms with Crippen LogP contribution in [0.15, 0.2) is 76.9 Å². The number of nitrogens with one attached hydrogen (secondary N) is 2. The van der Waals surface area contributed by atoms with Crippen molar-refractivity contribution in [3.05, 3.63) is 104 Å². The van der Waals surface area contributed by atoms with Gasteiger partial charge in [-0.3, -0.25) is 9.59 Å². The van der Waals surface area contributed by atoms with Gasteiger partial charge in [0.25, 0.3) is 11.5 Å². The number of hydrogen-bond acceptors (Lipinski definition) is 6. The second kappa shape index (κ2) is 10.1. The van der Waals surface area contributed by atoms with Crippen molar-refractivity contribution in [3.8, 4) is 16.1 Å². The van der Waals surface area contributed by atoms with E-state index in [1.54, 1.807) is 28.8 Å². The van der Waals surface area contributed by atoms with Gasteiger partial charge in [-0.15, -0.1) is 22.7 Å². The van der Waals surface area contributed by atoms with Crippen molar-refractivity contribution in [2.45, 2.75) is 19.5 Å². The van der Waals surface area contributed by atoms with Crippen molar-refractivity contribution in [1.29, 1.82) is 0 Å². The lowest BCUT2D eigenvalue weighted by Crippen LogP contribution is -2.31. The molecule has 0 fully saturated rings. The predicted octanol–water partition coefficient (Wildman–Crippen LogP) is 5.53. The topological polar surface area (TPSA) is 76.0 Å². The first kappa shape index (κ1) is 24.1. The summed E-state index contributed by atoms with van der Waals surface area (Å²) in [6.07, 6.45) is 0. The molecule has 0 aliphatic rings. The molecule has 0 bridgehead atoms. The van der Waals surface area contributed by atoms with E-state index in [0.29, 0.717) is 10.1 Å². The maximum Gasteiger partial charge on any atom is 0.280 e. The fraction of sp³-hybridized carbons (Fsp3) is 0.148. The number of carbonyl (C=O) groups excluding carboxylic acids is 1. The summed E-state index contributed by atoms with van der Waals surface area (Å²) in [6.45, 7) is 2.67. The maximum atomic E-state index is 14.5. The molecule has 5 rings (SSSR count). The van der Waals surface area contributed by atoms with Crippen molar-refractivity contribution in [1.82, 2.24) is 20.4 Å². The first-order chi connectivity index (χ1) is 17.5. The van der Waals surface area contributed by atoms with Gasteiger partial charge >= 0.3 is 0 Å². The summed E-state index contributed by atoms with van der Waals surface area (Å²) < 4.78 is 15.9. The molecule has 2 aromatic carbocycles. The average molecular weight is 519 g/mol. The van der Waals surface area contributed by atoms with E-state index in [1.165, 1.54) is 35.1 Å². The van der Waals surface area contributed by atoms with Crippen LogP contribution in [0.4, 0.5) is 4.39 Å². The van der Waals surface area contributed by atoms with Gasteiger partial charge in [0.2, 0.25) is 0 Å². The maximum absolute atomic E-state index is 14.5. The molecule has 0 radical (unpaired) electrons. The molecule has 3 aromatic heterocycles. The zero-order valence-electron chi connectivity index (χ0n) is 19.6. The highest BCUT2D eigenvalue weighted by atomic mass is 32.1. The Labute approximate surface area is 215 Å². The number of rotatable bonds is 7. The van der Waals surface area contributed by atoms with Gasteiger partial charge < -0.3 is 10.6 Å². The lowest BCUT2D eigenvalue weighted by atomic mass is 10.1. The number of amides is 1. The number of fused-ring (bicyclic) bond motifs is 1. The number of halogens is 1. The smallest absolute Gasteiger partial charge is 0.280 e. The molecule has 9 heteroatoms. The summed E-state index contributed by atoms with van der Waals surface area (Å²) in [5, 5.41) is 12.6. The molecule has 6 nitrogen and oxygen atoms in total. The van der Waals surface area contributed by atoms with E-state index in [0.717, 1.165) is 26.5 Å². The Morgan fingerprint density at radius 1 is 1.08 bits per heavy atom. The first-order valence-corrected chi connectivity index (χ1v) is 13.1. The van der Waals surface area contributed by atoms with Gasteiger partial charge in [-0.25, -0.2) is 4.39 Å². The van der Waals surface area contributed by atoms with Gasteiger partial charge in [0.15, 0.2) is 5.69 Å². The van der Waals surface area contributed by atoms with E-state index < -0.39 is 17.3 Å². The van der Waals surface area contributed by atoms with Crippen LogP contribution in [0.1, 0.15) is 33.9 Å². The highest BCUT2D eigenvalue weighted by molar-refractivity contribution is 7.17. The standard InChI is InChI=1S/C27H23FN4O2S2/c1-16(22-11-12-23(36-22)18-8-4-3-7-17(18)15-29-2)30-26(33)24-25-19(13-14-35-25)27(34)32(31-24)21-10-6-5-9-20(21)28/h3-14,16,29H,15H2,1-2H3,(H,30,33)/t16-/m1/s1. The SMILES string of the molecule is CNCc1ccccc1-c1ccc([C@@H](C)NC(=O)c2nn(-c3ccccc3F)c(=O)c3ccsc23)s1. The zero-order chi connectivity index (χ0) is 25.2. The van der Waals surface area contributed by atoms with Crippen LogP contribution in [0.2, 0.25) is 0 Å². The largest absolute Gasteiger partial charge is 0.343 e. The second-order valence-electron chi connectivity index (χ2n) is 8.27. The summed E-state index contributed by atoms with van der Waals surface area (Å²) in [7, 11) is 1.92. The van der Waals surface area contributed by atoms with Crippen molar-refractivity contribution in [3.63, 3.8) is 0 Å². The van der Waals surface area contributed by atoms with Crippen LogP contribution in [-0.4, -0.2) is 22.7 Å². The van der Waals surface area contributed by atoms with E-state index in [2.05, 4.69) is 33.9 Å². The van der Waals surface area contributed by atoms with Crippen molar-refractivity contribution in [2.75, 3.05) is 7.05 Å². The molecule has 1 atom stereocenters. The summed E-state index contributed by atoms with van der Waals surface area (Å²) >= 11 is 2.88. The number of benzene rings is 2. The van der Waals surface area contributed by atoms with Gasteiger partial charge in [-0.05, 0) is 60.8 Å². The molecule has 1 amide bonds. The van der Waals surface area contributed by atoms with E-state index >= 15 is 0 Å². The minimum absolute atomic E-state index is 0.000770. The molecule has 0 saturated heterocycles. The summed E-state index contributed by atoms with van der Waals surface area (Å²) in [6, 6.07) is 19.5. The number of aromatic nitrogens is 2. The fourth-order valence-corrected chi connectivity index (χ4v) is 6.01. The Balaban J connectivity index is 1.46. The predicted molar refractivity (Wildman–Crippen MR) is 144 cm³/mol. The second-order valence-corrected chi connectivity index (χ2v) is 10.3. The molecule has 182 valence electrons. The summed E-state index contributed by atoms with van der Waals surface area (Å²) in [5.74, 6) is -1.02. The molecule has 0 unspecified atom stereocenters. The normalized spacial score (nSPS) is 12.1. The molecular formula is C27H23FN4O2S2. The third-order valence-electron chi connectivity index (χ3n) is 5.85. The molecule has 5 aromatic rings. The van der Waals surface area contributed by atoms with Crippen LogP contribution >= 0.6 is 22.7 Å². The molecule has 3 heterocycles. The number of thiophene rings is 2. The lowest BCUT2D eigenvalue weighted by Gasteiger charge is -2.14. The van der Waals surface area contributed by atoms with Crippen molar-refractivity contribution >= 4 is 38.7 Å². The lowest BCUT2D eigenvalue weighted by molar-refractivity contribution is 0.0935. The van der Waals surface area contributed by atoms with E-state index in [-0.39, 0.29) is 17.4 Å². The molecular weight excluding hydrogens is 495 g/mol. The Bertz CT molecular complexity index is 1620. The Morgan fingerprint density at radius 2 is 1.86 bits per heavy atom. The Kier molecular flexibility index (Phi) is 6.77. The number of carbonyl (C=O) groups is 1. The van der Waals surface area contributed by atoms with Crippen LogP contribution in [0.5, 0.6) is 0 Å². The minimum atomic E-state index is -0.592. The van der Waals surface area contributed by atoms with E-state index in [4.69, 9.17) is 0 Å². The highest BCUT2D eigenvalue weighted by Gasteiger charge is 2.22. The first-order valence-electron chi connectivity index (χ1n) is 11.4. The molecule has 0 spiro atoms. The molecule has 2 N–H and O–H groups in total. The van der Waals surface area contributed by atoms with Gasteiger partial charge in [-0.2, -0.15) is 9.78 Å². The Hall–Kier alpha value is -3.66. The van der Waals surface area contributed by atoms with Crippen LogP contribution in [0.25, 0.3) is 26.2 Å². The number of para-hydroxylation sites is 1. The number of hydrogen-bond donors (Lipinski definition) is 2. The van der Waals surface area contributed by atoms with Crippen LogP contribution < -0.4 is 16.2 Å². The van der Waals surface area contributed by atoms with Crippen molar-refractivity contribution in [2.24, 2.45) is 0 Å². The fourth-order valence-electron chi connectivity index (χ4n) is 4.07. The third kappa shape index (κ3) is 4.48. The van der Waals surface area contributed by atoms with Crippen LogP contribution in [-0.2, 0) is 6.54 Å². The van der Waals surface area contributed by atoms with Gasteiger partial charge in [0.1, 0.15) is 11.5 Å². The highest BCUT2D eigenvalue weighted by Crippen LogP contribution is 2.33. The summed E-state index contributed by atoms with van der Waals surface area (Å²) in [4.78, 5) is 28.4. The third-order valence-corrected chi connectivity index (χ3v) is 8.07. The number of nitrogens with zero attached hydrogens (tertiary/aromatic N) is 2.